The zero-order valence-electron chi connectivity index (χ0n) is 14.1. The number of hydrogen-bond acceptors (Lipinski definition) is 3. The van der Waals surface area contributed by atoms with Gasteiger partial charge in [-0.2, -0.15) is 0 Å². The summed E-state index contributed by atoms with van der Waals surface area (Å²) in [5, 5.41) is 5.16. The van der Waals surface area contributed by atoms with E-state index in [0.29, 0.717) is 18.0 Å². The third-order valence-corrected chi connectivity index (χ3v) is 3.26. The van der Waals surface area contributed by atoms with E-state index in [2.05, 4.69) is 10.6 Å². The van der Waals surface area contributed by atoms with Crippen molar-refractivity contribution in [3.63, 3.8) is 0 Å². The van der Waals surface area contributed by atoms with E-state index in [1.54, 1.807) is 24.3 Å². The first-order chi connectivity index (χ1) is 11.4. The van der Waals surface area contributed by atoms with Gasteiger partial charge in [0.2, 0.25) is 0 Å². The second-order valence-electron chi connectivity index (χ2n) is 5.81. The minimum absolute atomic E-state index is 0.0815. The lowest BCUT2D eigenvalue weighted by molar-refractivity contribution is -0.136. The number of carbonyl (C=O) groups is 2. The molecule has 0 aliphatic carbocycles. The minimum Gasteiger partial charge on any atom is -0.491 e. The molecule has 0 saturated carbocycles. The van der Waals surface area contributed by atoms with E-state index >= 15 is 0 Å². The Bertz CT molecular complexity index is 692. The predicted octanol–water partition coefficient (Wildman–Crippen LogP) is 3.04. The van der Waals surface area contributed by atoms with Crippen LogP contribution in [0.25, 0.3) is 0 Å². The summed E-state index contributed by atoms with van der Waals surface area (Å²) in [7, 11) is 0. The van der Waals surface area contributed by atoms with Gasteiger partial charge in [-0.3, -0.25) is 9.59 Å². The topological polar surface area (TPSA) is 67.4 Å². The van der Waals surface area contributed by atoms with Gasteiger partial charge >= 0.3 is 11.8 Å². The van der Waals surface area contributed by atoms with Crippen molar-refractivity contribution in [1.82, 2.24) is 5.32 Å². The van der Waals surface area contributed by atoms with E-state index in [1.165, 1.54) is 0 Å². The van der Waals surface area contributed by atoms with E-state index in [0.717, 1.165) is 11.1 Å². The zero-order valence-corrected chi connectivity index (χ0v) is 14.1. The molecule has 2 amide bonds. The van der Waals surface area contributed by atoms with Crippen LogP contribution in [0.1, 0.15) is 25.0 Å². The van der Waals surface area contributed by atoms with Crippen molar-refractivity contribution < 1.29 is 14.3 Å². The molecule has 0 spiro atoms. The lowest BCUT2D eigenvalue weighted by Gasteiger charge is -2.10. The molecule has 0 atom stereocenters. The van der Waals surface area contributed by atoms with Gasteiger partial charge in [0.25, 0.3) is 0 Å². The monoisotopic (exact) mass is 326 g/mol. The van der Waals surface area contributed by atoms with E-state index in [1.807, 2.05) is 45.0 Å². The molecule has 0 fully saturated rings. The highest BCUT2D eigenvalue weighted by Gasteiger charge is 2.13. The number of benzene rings is 2. The highest BCUT2D eigenvalue weighted by Crippen LogP contribution is 2.16. The number of aryl methyl sites for hydroxylation is 1. The molecule has 5 heteroatoms. The van der Waals surface area contributed by atoms with Gasteiger partial charge in [-0.15, -0.1) is 0 Å². The summed E-state index contributed by atoms with van der Waals surface area (Å²) >= 11 is 0. The summed E-state index contributed by atoms with van der Waals surface area (Å²) < 4.78 is 5.53. The molecule has 24 heavy (non-hydrogen) atoms. The fraction of sp³-hybridized carbons (Fsp3) is 0.263. The summed E-state index contributed by atoms with van der Waals surface area (Å²) in [4.78, 5) is 23.7. The van der Waals surface area contributed by atoms with E-state index in [-0.39, 0.29) is 6.10 Å². The zero-order chi connectivity index (χ0) is 17.5. The molecule has 0 aliphatic heterocycles. The number of amides is 2. The maximum atomic E-state index is 11.9. The van der Waals surface area contributed by atoms with Crippen LogP contribution in [-0.4, -0.2) is 17.9 Å². The normalized spacial score (nSPS) is 10.3. The lowest BCUT2D eigenvalue weighted by Crippen LogP contribution is -2.34. The maximum Gasteiger partial charge on any atom is 0.313 e. The molecule has 2 aromatic rings. The van der Waals surface area contributed by atoms with Crippen LogP contribution in [-0.2, 0) is 16.1 Å². The number of hydrogen-bond donors (Lipinski definition) is 2. The first kappa shape index (κ1) is 17.5. The average Bonchev–Trinajstić information content (AvgIpc) is 2.55. The molecule has 5 nitrogen and oxygen atoms in total. The van der Waals surface area contributed by atoms with Crippen LogP contribution in [0.4, 0.5) is 5.69 Å². The maximum absolute atomic E-state index is 11.9. The van der Waals surface area contributed by atoms with Gasteiger partial charge in [-0.1, -0.05) is 29.8 Å². The van der Waals surface area contributed by atoms with Gasteiger partial charge in [0, 0.05) is 12.2 Å². The summed E-state index contributed by atoms with van der Waals surface area (Å²) in [5.41, 5.74) is 2.63. The molecular weight excluding hydrogens is 304 g/mol. The summed E-state index contributed by atoms with van der Waals surface area (Å²) in [6.07, 6.45) is 0.0815. The van der Waals surface area contributed by atoms with Crippen molar-refractivity contribution in [2.45, 2.75) is 33.4 Å². The Morgan fingerprint density at radius 1 is 0.958 bits per heavy atom. The fourth-order valence-electron chi connectivity index (χ4n) is 2.05. The van der Waals surface area contributed by atoms with Gasteiger partial charge in [0.15, 0.2) is 0 Å². The largest absolute Gasteiger partial charge is 0.491 e. The highest BCUT2D eigenvalue weighted by atomic mass is 16.5. The van der Waals surface area contributed by atoms with Gasteiger partial charge in [-0.25, -0.2) is 0 Å². The second kappa shape index (κ2) is 8.15. The van der Waals surface area contributed by atoms with Crippen LogP contribution in [0.5, 0.6) is 5.75 Å². The first-order valence-corrected chi connectivity index (χ1v) is 7.85. The van der Waals surface area contributed by atoms with Crippen molar-refractivity contribution in [1.29, 1.82) is 0 Å². The molecule has 0 heterocycles. The number of nitrogens with one attached hydrogen (secondary N) is 2. The van der Waals surface area contributed by atoms with Crippen molar-refractivity contribution in [2.75, 3.05) is 5.32 Å². The Kier molecular flexibility index (Phi) is 5.95. The van der Waals surface area contributed by atoms with Crippen LogP contribution in [0, 0.1) is 6.92 Å². The Morgan fingerprint density at radius 2 is 1.58 bits per heavy atom. The summed E-state index contributed by atoms with van der Waals surface area (Å²) in [6.45, 7) is 6.18. The van der Waals surface area contributed by atoms with Crippen LogP contribution < -0.4 is 15.4 Å². The minimum atomic E-state index is -0.695. The Hall–Kier alpha value is -2.82. The first-order valence-electron chi connectivity index (χ1n) is 7.85. The van der Waals surface area contributed by atoms with Crippen LogP contribution in [0.15, 0.2) is 48.5 Å². The molecule has 0 aromatic heterocycles. The Morgan fingerprint density at radius 3 is 2.17 bits per heavy atom. The van der Waals surface area contributed by atoms with E-state index in [9.17, 15) is 9.59 Å². The Balaban J connectivity index is 1.84. The molecule has 2 aromatic carbocycles. The van der Waals surface area contributed by atoms with Gasteiger partial charge < -0.3 is 15.4 Å². The van der Waals surface area contributed by atoms with Crippen LogP contribution >= 0.6 is 0 Å². The van der Waals surface area contributed by atoms with Crippen molar-refractivity contribution >= 4 is 17.5 Å². The van der Waals surface area contributed by atoms with E-state index in [4.69, 9.17) is 4.74 Å². The molecule has 126 valence electrons. The van der Waals surface area contributed by atoms with Crippen LogP contribution in [0.3, 0.4) is 0 Å². The lowest BCUT2D eigenvalue weighted by atomic mass is 10.1. The molecule has 0 saturated heterocycles. The molecular formula is C19H22N2O3. The van der Waals surface area contributed by atoms with Crippen molar-refractivity contribution in [2.24, 2.45) is 0 Å². The SMILES string of the molecule is Cc1ccc(CNC(=O)C(=O)Nc2ccc(OC(C)C)cc2)cc1. The molecule has 2 rings (SSSR count). The molecule has 0 bridgehead atoms. The Labute approximate surface area is 142 Å². The number of carbonyl (C=O) groups excluding carboxylic acids is 2. The number of rotatable bonds is 5. The molecule has 0 unspecified atom stereocenters. The quantitative estimate of drug-likeness (QED) is 0.830. The highest BCUT2D eigenvalue weighted by molar-refractivity contribution is 6.39. The molecule has 0 aliphatic rings. The second-order valence-corrected chi connectivity index (χ2v) is 5.81. The number of anilines is 1. The molecule has 2 N–H and O–H groups in total. The van der Waals surface area contributed by atoms with Gasteiger partial charge in [0.1, 0.15) is 5.75 Å². The third-order valence-electron chi connectivity index (χ3n) is 3.26. The van der Waals surface area contributed by atoms with Crippen LogP contribution in [0.2, 0.25) is 0 Å². The van der Waals surface area contributed by atoms with E-state index < -0.39 is 11.8 Å². The van der Waals surface area contributed by atoms with Crippen molar-refractivity contribution in [3.8, 4) is 5.75 Å². The summed E-state index contributed by atoms with van der Waals surface area (Å²) in [5.74, 6) is -0.649. The van der Waals surface area contributed by atoms with Gasteiger partial charge in [0.05, 0.1) is 6.10 Å². The fourth-order valence-corrected chi connectivity index (χ4v) is 2.05. The smallest absolute Gasteiger partial charge is 0.313 e. The van der Waals surface area contributed by atoms with Crippen molar-refractivity contribution in [3.05, 3.63) is 59.7 Å². The summed E-state index contributed by atoms with van der Waals surface area (Å²) in [6, 6.07) is 14.7. The average molecular weight is 326 g/mol. The standard InChI is InChI=1S/C19H22N2O3/c1-13(2)24-17-10-8-16(9-11-17)21-19(23)18(22)20-12-15-6-4-14(3)5-7-15/h4-11,13H,12H2,1-3H3,(H,20,22)(H,21,23). The van der Waals surface area contributed by atoms with Gasteiger partial charge in [-0.05, 0) is 50.6 Å². The number of ether oxygens (including phenoxy) is 1. The predicted molar refractivity (Wildman–Crippen MR) is 93.9 cm³/mol. The molecule has 0 radical (unpaired) electrons. The third kappa shape index (κ3) is 5.43.